The second-order valence-electron chi connectivity index (χ2n) is 6.88. The van der Waals surface area contributed by atoms with Gasteiger partial charge in [0, 0.05) is 28.9 Å². The molecule has 0 radical (unpaired) electrons. The summed E-state index contributed by atoms with van der Waals surface area (Å²) < 4.78 is 6.75. The monoisotopic (exact) mass is 377 g/mol. The minimum absolute atomic E-state index is 0.0528. The quantitative estimate of drug-likeness (QED) is 0.742. The highest BCUT2D eigenvalue weighted by atomic mass is 79.9. The van der Waals surface area contributed by atoms with Crippen LogP contribution >= 0.6 is 15.9 Å². The predicted molar refractivity (Wildman–Crippen MR) is 88.9 cm³/mol. The summed E-state index contributed by atoms with van der Waals surface area (Å²) in [5, 5.41) is 0. The Labute approximate surface area is 144 Å². The molecule has 2 bridgehead atoms. The average molecular weight is 378 g/mol. The highest BCUT2D eigenvalue weighted by molar-refractivity contribution is 9.10. The molecule has 0 aromatic heterocycles. The first-order chi connectivity index (χ1) is 11.1. The first kappa shape index (κ1) is 15.2. The van der Waals surface area contributed by atoms with Crippen LogP contribution in [0.3, 0.4) is 0 Å². The molecule has 1 amide bonds. The number of fused-ring (bicyclic) bond motifs is 4. The molecule has 1 aliphatic carbocycles. The van der Waals surface area contributed by atoms with Crippen LogP contribution in [-0.4, -0.2) is 35.5 Å². The van der Waals surface area contributed by atoms with Crippen molar-refractivity contribution in [2.45, 2.75) is 44.2 Å². The van der Waals surface area contributed by atoms with Gasteiger partial charge in [-0.3, -0.25) is 4.79 Å². The number of nitrogens with zero attached hydrogens (tertiary/aromatic N) is 1. The lowest BCUT2D eigenvalue weighted by Gasteiger charge is -2.43. The summed E-state index contributed by atoms with van der Waals surface area (Å²) in [5.41, 5.74) is 0.571. The second-order valence-corrected chi connectivity index (χ2v) is 7.79. The molecule has 0 N–H and O–H groups in total. The number of hydrogen-bond donors (Lipinski definition) is 0. The zero-order valence-electron chi connectivity index (χ0n) is 12.9. The molecule has 0 spiro atoms. The smallest absolute Gasteiger partial charge is 0.338 e. The standard InChI is InChI=1S/C18H20BrNO3/c19-13-6-4-11(5-7-13)18(22)23-16-10-12-9-14(16)15-3-1-2-8-20(15)17(12)21/h4-7,12,14-16H,1-3,8-10H2/t12-,14-,15-,16-/m1/s1. The van der Waals surface area contributed by atoms with Crippen LogP contribution in [0.15, 0.2) is 28.7 Å². The van der Waals surface area contributed by atoms with E-state index in [2.05, 4.69) is 20.8 Å². The zero-order chi connectivity index (χ0) is 16.0. The van der Waals surface area contributed by atoms with Crippen LogP contribution in [0.4, 0.5) is 0 Å². The van der Waals surface area contributed by atoms with Crippen LogP contribution in [0.25, 0.3) is 0 Å². The molecule has 4 rings (SSSR count). The van der Waals surface area contributed by atoms with E-state index in [-0.39, 0.29) is 29.9 Å². The van der Waals surface area contributed by atoms with Gasteiger partial charge >= 0.3 is 5.97 Å². The lowest BCUT2D eigenvalue weighted by atomic mass is 9.84. The van der Waals surface area contributed by atoms with Crippen molar-refractivity contribution in [2.75, 3.05) is 6.54 Å². The van der Waals surface area contributed by atoms with Crippen LogP contribution in [0, 0.1) is 11.8 Å². The lowest BCUT2D eigenvalue weighted by Crippen LogP contribution is -2.52. The van der Waals surface area contributed by atoms with Crippen molar-refractivity contribution in [3.63, 3.8) is 0 Å². The number of carbonyl (C=O) groups is 2. The van der Waals surface area contributed by atoms with Crippen LogP contribution in [-0.2, 0) is 9.53 Å². The Morgan fingerprint density at radius 3 is 2.74 bits per heavy atom. The minimum Gasteiger partial charge on any atom is -0.458 e. The molecular weight excluding hydrogens is 358 g/mol. The number of piperidine rings is 2. The summed E-state index contributed by atoms with van der Waals surface area (Å²) in [5.74, 6) is 0.382. The summed E-state index contributed by atoms with van der Waals surface area (Å²) >= 11 is 3.37. The molecule has 2 saturated heterocycles. The number of rotatable bonds is 2. The van der Waals surface area contributed by atoms with Crippen LogP contribution in [0.1, 0.15) is 42.5 Å². The Kier molecular flexibility index (Phi) is 3.92. The van der Waals surface area contributed by atoms with E-state index >= 15 is 0 Å². The Morgan fingerprint density at radius 2 is 1.96 bits per heavy atom. The summed E-state index contributed by atoms with van der Waals surface area (Å²) in [7, 11) is 0. The third kappa shape index (κ3) is 2.69. The molecule has 122 valence electrons. The maximum Gasteiger partial charge on any atom is 0.338 e. The van der Waals surface area contributed by atoms with Crippen LogP contribution in [0.5, 0.6) is 0 Å². The largest absolute Gasteiger partial charge is 0.458 e. The number of carbonyl (C=O) groups excluding carboxylic acids is 2. The minimum atomic E-state index is -0.273. The van der Waals surface area contributed by atoms with Gasteiger partial charge in [0.1, 0.15) is 6.10 Å². The van der Waals surface area contributed by atoms with E-state index in [9.17, 15) is 9.59 Å². The number of amides is 1. The van der Waals surface area contributed by atoms with Gasteiger partial charge in [0.2, 0.25) is 5.91 Å². The molecule has 2 aliphatic heterocycles. The molecule has 3 aliphatic rings. The van der Waals surface area contributed by atoms with E-state index in [0.717, 1.165) is 30.3 Å². The van der Waals surface area contributed by atoms with Gasteiger partial charge in [-0.25, -0.2) is 4.79 Å². The second kappa shape index (κ2) is 5.93. The third-order valence-corrected chi connectivity index (χ3v) is 6.09. The van der Waals surface area contributed by atoms with Gasteiger partial charge in [-0.2, -0.15) is 0 Å². The summed E-state index contributed by atoms with van der Waals surface area (Å²) in [6.07, 6.45) is 4.79. The Morgan fingerprint density at radius 1 is 1.17 bits per heavy atom. The summed E-state index contributed by atoms with van der Waals surface area (Å²) in [6, 6.07) is 7.50. The van der Waals surface area contributed by atoms with E-state index in [1.165, 1.54) is 6.42 Å². The van der Waals surface area contributed by atoms with E-state index in [1.54, 1.807) is 12.1 Å². The van der Waals surface area contributed by atoms with Gasteiger partial charge in [0.05, 0.1) is 5.56 Å². The fourth-order valence-electron chi connectivity index (χ4n) is 4.48. The third-order valence-electron chi connectivity index (χ3n) is 5.57. The number of esters is 1. The van der Waals surface area contributed by atoms with Crippen molar-refractivity contribution >= 4 is 27.8 Å². The van der Waals surface area contributed by atoms with Gasteiger partial charge < -0.3 is 9.64 Å². The molecule has 23 heavy (non-hydrogen) atoms. The fraction of sp³-hybridized carbons (Fsp3) is 0.556. The normalized spacial score (nSPS) is 32.6. The van der Waals surface area contributed by atoms with Gasteiger partial charge in [0.25, 0.3) is 0 Å². The fourth-order valence-corrected chi connectivity index (χ4v) is 4.74. The molecule has 1 saturated carbocycles. The average Bonchev–Trinajstić information content (AvgIpc) is 2.94. The van der Waals surface area contributed by atoms with Crippen molar-refractivity contribution < 1.29 is 14.3 Å². The Balaban J connectivity index is 1.50. The van der Waals surface area contributed by atoms with Crippen molar-refractivity contribution in [3.8, 4) is 0 Å². The molecule has 5 heteroatoms. The number of hydrogen-bond acceptors (Lipinski definition) is 3. The predicted octanol–water partition coefficient (Wildman–Crippen LogP) is 3.40. The Bertz CT molecular complexity index is 630. The summed E-state index contributed by atoms with van der Waals surface area (Å²) in [6.45, 7) is 0.879. The van der Waals surface area contributed by atoms with E-state index in [4.69, 9.17) is 4.74 Å². The maximum atomic E-state index is 12.5. The number of ether oxygens (including phenoxy) is 1. The lowest BCUT2D eigenvalue weighted by molar-refractivity contribution is -0.143. The molecular formula is C18H20BrNO3. The van der Waals surface area contributed by atoms with E-state index in [1.807, 2.05) is 12.1 Å². The molecule has 0 unspecified atom stereocenters. The van der Waals surface area contributed by atoms with Crippen molar-refractivity contribution in [2.24, 2.45) is 11.8 Å². The highest BCUT2D eigenvalue weighted by Crippen LogP contribution is 2.45. The highest BCUT2D eigenvalue weighted by Gasteiger charge is 2.52. The van der Waals surface area contributed by atoms with Gasteiger partial charge in [-0.15, -0.1) is 0 Å². The molecule has 4 nitrogen and oxygen atoms in total. The first-order valence-corrected chi connectivity index (χ1v) is 9.20. The first-order valence-electron chi connectivity index (χ1n) is 8.40. The zero-order valence-corrected chi connectivity index (χ0v) is 14.5. The number of halogens is 1. The molecule has 2 heterocycles. The SMILES string of the molecule is O=C(O[C@@H]1C[C@H]2C[C@@H]1[C@H]1CCCCN1C2=O)c1ccc(Br)cc1. The Hall–Kier alpha value is -1.36. The summed E-state index contributed by atoms with van der Waals surface area (Å²) in [4.78, 5) is 27.0. The van der Waals surface area contributed by atoms with Gasteiger partial charge in [0.15, 0.2) is 0 Å². The van der Waals surface area contributed by atoms with Gasteiger partial charge in [-0.1, -0.05) is 15.9 Å². The van der Waals surface area contributed by atoms with Crippen molar-refractivity contribution in [1.82, 2.24) is 4.90 Å². The molecule has 1 aromatic carbocycles. The van der Waals surface area contributed by atoms with Crippen molar-refractivity contribution in [1.29, 1.82) is 0 Å². The van der Waals surface area contributed by atoms with Crippen LogP contribution in [0.2, 0.25) is 0 Å². The van der Waals surface area contributed by atoms with E-state index in [0.29, 0.717) is 17.9 Å². The maximum absolute atomic E-state index is 12.5. The van der Waals surface area contributed by atoms with E-state index < -0.39 is 0 Å². The molecule has 1 aromatic rings. The van der Waals surface area contributed by atoms with Crippen molar-refractivity contribution in [3.05, 3.63) is 34.3 Å². The topological polar surface area (TPSA) is 46.6 Å². The number of benzene rings is 1. The molecule has 4 atom stereocenters. The van der Waals surface area contributed by atoms with Gasteiger partial charge in [-0.05, 0) is 56.4 Å². The van der Waals surface area contributed by atoms with Crippen LogP contribution < -0.4 is 0 Å². The molecule has 3 fully saturated rings.